The Kier molecular flexibility index (Phi) is 6.36. The maximum Gasteiger partial charge on any atom is 0.328 e. The number of thioether (sulfide) groups is 1. The second-order valence-corrected chi connectivity index (χ2v) is 6.10. The number of fused-ring (bicyclic) bond motifs is 1. The Bertz CT molecular complexity index is 790. The van der Waals surface area contributed by atoms with Gasteiger partial charge in [-0.2, -0.15) is 16.9 Å². The van der Waals surface area contributed by atoms with Crippen LogP contribution in [0.25, 0.3) is 10.8 Å². The van der Waals surface area contributed by atoms with E-state index in [1.54, 1.807) is 30.0 Å². The SMILES string of the molecule is COC(=O)C(CCSC)NC(=O)Cn1ncc2ccccc2c1=O. The molecular formula is C16H19N3O4S. The summed E-state index contributed by atoms with van der Waals surface area (Å²) < 4.78 is 5.78. The predicted octanol–water partition coefficient (Wildman–Crippen LogP) is 0.807. The lowest BCUT2D eigenvalue weighted by atomic mass is 10.2. The maximum absolute atomic E-state index is 12.3. The lowest BCUT2D eigenvalue weighted by molar-refractivity contribution is -0.145. The van der Waals surface area contributed by atoms with E-state index in [2.05, 4.69) is 10.4 Å². The summed E-state index contributed by atoms with van der Waals surface area (Å²) in [7, 11) is 1.27. The van der Waals surface area contributed by atoms with Crippen LogP contribution in [0.15, 0.2) is 35.3 Å². The minimum Gasteiger partial charge on any atom is -0.467 e. The second kappa shape index (κ2) is 8.49. The first kappa shape index (κ1) is 18.0. The Morgan fingerprint density at radius 1 is 1.38 bits per heavy atom. The molecular weight excluding hydrogens is 330 g/mol. The highest BCUT2D eigenvalue weighted by Gasteiger charge is 2.21. The number of carbonyl (C=O) groups excluding carboxylic acids is 2. The topological polar surface area (TPSA) is 90.3 Å². The van der Waals surface area contributed by atoms with Gasteiger partial charge in [0.25, 0.3) is 5.56 Å². The average Bonchev–Trinajstić information content (AvgIpc) is 2.60. The van der Waals surface area contributed by atoms with Gasteiger partial charge in [0.15, 0.2) is 0 Å². The van der Waals surface area contributed by atoms with Crippen molar-refractivity contribution < 1.29 is 14.3 Å². The van der Waals surface area contributed by atoms with Gasteiger partial charge in [-0.25, -0.2) is 9.48 Å². The van der Waals surface area contributed by atoms with E-state index in [0.29, 0.717) is 22.9 Å². The number of rotatable bonds is 7. The van der Waals surface area contributed by atoms with Crippen LogP contribution in [-0.2, 0) is 20.9 Å². The summed E-state index contributed by atoms with van der Waals surface area (Å²) in [6, 6.07) is 6.30. The molecule has 1 aromatic heterocycles. The number of ether oxygens (including phenoxy) is 1. The van der Waals surface area contributed by atoms with Gasteiger partial charge in [0.1, 0.15) is 12.6 Å². The minimum atomic E-state index is -0.730. The second-order valence-electron chi connectivity index (χ2n) is 5.12. The van der Waals surface area contributed by atoms with E-state index in [9.17, 15) is 14.4 Å². The lowest BCUT2D eigenvalue weighted by Gasteiger charge is -2.16. The van der Waals surface area contributed by atoms with Gasteiger partial charge in [-0.15, -0.1) is 0 Å². The van der Waals surface area contributed by atoms with Crippen LogP contribution in [0.4, 0.5) is 0 Å². The van der Waals surface area contributed by atoms with Gasteiger partial charge < -0.3 is 10.1 Å². The first-order valence-electron chi connectivity index (χ1n) is 7.37. The molecule has 0 saturated carbocycles. The van der Waals surface area contributed by atoms with Crippen LogP contribution in [0.1, 0.15) is 6.42 Å². The Labute approximate surface area is 143 Å². The zero-order chi connectivity index (χ0) is 17.5. The van der Waals surface area contributed by atoms with Gasteiger partial charge >= 0.3 is 5.97 Å². The lowest BCUT2D eigenvalue weighted by Crippen LogP contribution is -2.44. The highest BCUT2D eigenvalue weighted by Crippen LogP contribution is 2.06. The van der Waals surface area contributed by atoms with E-state index in [-0.39, 0.29) is 12.1 Å². The molecule has 0 bridgehead atoms. The van der Waals surface area contributed by atoms with Gasteiger partial charge in [-0.3, -0.25) is 9.59 Å². The number of amides is 1. The smallest absolute Gasteiger partial charge is 0.328 e. The fourth-order valence-corrected chi connectivity index (χ4v) is 2.71. The van der Waals surface area contributed by atoms with E-state index in [1.807, 2.05) is 12.3 Å². The third-order valence-electron chi connectivity index (χ3n) is 3.49. The summed E-state index contributed by atoms with van der Waals surface area (Å²) in [5.41, 5.74) is -0.345. The first-order valence-corrected chi connectivity index (χ1v) is 8.77. The number of methoxy groups -OCH3 is 1. The molecule has 0 aliphatic carbocycles. The van der Waals surface area contributed by atoms with E-state index in [1.165, 1.54) is 13.3 Å². The van der Waals surface area contributed by atoms with Gasteiger partial charge in [-0.05, 0) is 24.5 Å². The number of nitrogens with zero attached hydrogens (tertiary/aromatic N) is 2. The van der Waals surface area contributed by atoms with Gasteiger partial charge in [-0.1, -0.05) is 18.2 Å². The van der Waals surface area contributed by atoms with Crippen molar-refractivity contribution in [1.29, 1.82) is 0 Å². The quantitative estimate of drug-likeness (QED) is 0.744. The molecule has 1 unspecified atom stereocenters. The molecule has 0 saturated heterocycles. The zero-order valence-electron chi connectivity index (χ0n) is 13.5. The molecule has 1 heterocycles. The van der Waals surface area contributed by atoms with Gasteiger partial charge in [0.2, 0.25) is 5.91 Å². The highest BCUT2D eigenvalue weighted by atomic mass is 32.2. The van der Waals surface area contributed by atoms with Crippen LogP contribution in [0.3, 0.4) is 0 Å². The average molecular weight is 349 g/mol. The van der Waals surface area contributed by atoms with Crippen molar-refractivity contribution in [3.05, 3.63) is 40.8 Å². The molecule has 1 N–H and O–H groups in total. The van der Waals surface area contributed by atoms with Crippen molar-refractivity contribution >= 4 is 34.4 Å². The number of carbonyl (C=O) groups is 2. The molecule has 0 aliphatic heterocycles. The summed E-state index contributed by atoms with van der Waals surface area (Å²) in [4.78, 5) is 36.2. The molecule has 0 aliphatic rings. The Morgan fingerprint density at radius 3 is 2.83 bits per heavy atom. The van der Waals surface area contributed by atoms with Crippen molar-refractivity contribution in [1.82, 2.24) is 15.1 Å². The van der Waals surface area contributed by atoms with E-state index < -0.39 is 17.9 Å². The molecule has 1 aromatic carbocycles. The highest BCUT2D eigenvalue weighted by molar-refractivity contribution is 7.98. The van der Waals surface area contributed by atoms with Crippen molar-refractivity contribution in [3.8, 4) is 0 Å². The van der Waals surface area contributed by atoms with Crippen LogP contribution in [0.2, 0.25) is 0 Å². The maximum atomic E-state index is 12.3. The molecule has 0 spiro atoms. The van der Waals surface area contributed by atoms with Gasteiger partial charge in [0, 0.05) is 5.39 Å². The monoisotopic (exact) mass is 349 g/mol. The number of esters is 1. The van der Waals surface area contributed by atoms with Crippen LogP contribution < -0.4 is 10.9 Å². The Hall–Kier alpha value is -2.35. The number of benzene rings is 1. The van der Waals surface area contributed by atoms with Crippen molar-refractivity contribution in [2.45, 2.75) is 19.0 Å². The molecule has 2 rings (SSSR count). The van der Waals surface area contributed by atoms with Crippen LogP contribution in [-0.4, -0.2) is 46.8 Å². The third kappa shape index (κ3) is 4.35. The Balaban J connectivity index is 2.12. The summed E-state index contributed by atoms with van der Waals surface area (Å²) >= 11 is 1.57. The molecule has 1 amide bonds. The Morgan fingerprint density at radius 2 is 2.12 bits per heavy atom. The van der Waals surface area contributed by atoms with Crippen molar-refractivity contribution in [2.24, 2.45) is 0 Å². The first-order chi connectivity index (χ1) is 11.6. The van der Waals surface area contributed by atoms with E-state index in [4.69, 9.17) is 4.74 Å². The number of aromatic nitrogens is 2. The fourth-order valence-electron chi connectivity index (χ4n) is 2.24. The summed E-state index contributed by atoms with van der Waals surface area (Å²) in [6.07, 6.45) is 3.91. The number of hydrogen-bond donors (Lipinski definition) is 1. The molecule has 2 aromatic rings. The predicted molar refractivity (Wildman–Crippen MR) is 92.9 cm³/mol. The number of hydrogen-bond acceptors (Lipinski definition) is 6. The standard InChI is InChI=1S/C16H19N3O4S/c1-23-16(22)13(7-8-24-2)18-14(20)10-19-15(21)12-6-4-3-5-11(12)9-17-19/h3-6,9,13H,7-8,10H2,1-2H3,(H,18,20). The molecule has 24 heavy (non-hydrogen) atoms. The van der Waals surface area contributed by atoms with Crippen LogP contribution in [0, 0.1) is 0 Å². The summed E-state index contributed by atoms with van der Waals surface area (Å²) in [6.45, 7) is -0.254. The van der Waals surface area contributed by atoms with E-state index >= 15 is 0 Å². The number of nitrogens with one attached hydrogen (secondary N) is 1. The van der Waals surface area contributed by atoms with Gasteiger partial charge in [0.05, 0.1) is 18.7 Å². The third-order valence-corrected chi connectivity index (χ3v) is 4.13. The summed E-state index contributed by atoms with van der Waals surface area (Å²) in [5, 5.41) is 7.81. The molecule has 128 valence electrons. The molecule has 0 radical (unpaired) electrons. The normalized spacial score (nSPS) is 11.9. The molecule has 1 atom stereocenters. The summed E-state index contributed by atoms with van der Waals surface area (Å²) in [5.74, 6) is -0.263. The molecule has 7 nitrogen and oxygen atoms in total. The van der Waals surface area contributed by atoms with Crippen LogP contribution in [0.5, 0.6) is 0 Å². The van der Waals surface area contributed by atoms with Crippen molar-refractivity contribution in [3.63, 3.8) is 0 Å². The molecule has 0 fully saturated rings. The minimum absolute atomic E-state index is 0.254. The largest absolute Gasteiger partial charge is 0.467 e. The van der Waals surface area contributed by atoms with E-state index in [0.717, 1.165) is 4.68 Å². The van der Waals surface area contributed by atoms with Crippen LogP contribution >= 0.6 is 11.8 Å². The fraction of sp³-hybridized carbons (Fsp3) is 0.375. The van der Waals surface area contributed by atoms with Crippen molar-refractivity contribution in [2.75, 3.05) is 19.1 Å². The zero-order valence-corrected chi connectivity index (χ0v) is 14.3. The molecule has 8 heteroatoms.